The molecule has 29 heavy (non-hydrogen) atoms. The molecule has 0 aliphatic carbocycles. The van der Waals surface area contributed by atoms with E-state index in [1.165, 1.54) is 11.3 Å². The first-order valence-electron chi connectivity index (χ1n) is 9.87. The summed E-state index contributed by atoms with van der Waals surface area (Å²) in [5.41, 5.74) is 1.47. The van der Waals surface area contributed by atoms with E-state index in [-0.39, 0.29) is 5.91 Å². The van der Waals surface area contributed by atoms with Gasteiger partial charge in [0.2, 0.25) is 0 Å². The Morgan fingerprint density at radius 2 is 1.97 bits per heavy atom. The monoisotopic (exact) mass is 412 g/mol. The van der Waals surface area contributed by atoms with E-state index in [0.29, 0.717) is 35.9 Å². The van der Waals surface area contributed by atoms with Crippen molar-refractivity contribution in [1.82, 2.24) is 4.57 Å². The molecule has 0 spiro atoms. The summed E-state index contributed by atoms with van der Waals surface area (Å²) in [6.07, 6.45) is 3.29. The highest BCUT2D eigenvalue weighted by Crippen LogP contribution is 2.35. The van der Waals surface area contributed by atoms with E-state index in [4.69, 9.17) is 14.2 Å². The number of aryl methyl sites for hydroxylation is 1. The Balaban J connectivity index is 1.60. The lowest BCUT2D eigenvalue weighted by Crippen LogP contribution is -2.15. The average Bonchev–Trinajstić information content (AvgIpc) is 3.04. The van der Waals surface area contributed by atoms with Gasteiger partial charge in [-0.25, -0.2) is 0 Å². The van der Waals surface area contributed by atoms with Gasteiger partial charge in [-0.2, -0.15) is 4.99 Å². The molecule has 2 aromatic carbocycles. The second-order valence-corrected chi connectivity index (χ2v) is 7.92. The second-order valence-electron chi connectivity index (χ2n) is 6.91. The van der Waals surface area contributed by atoms with Gasteiger partial charge in [-0.15, -0.1) is 0 Å². The molecule has 1 aliphatic heterocycles. The molecule has 0 saturated carbocycles. The van der Waals surface area contributed by atoms with Crippen molar-refractivity contribution < 1.29 is 19.0 Å². The highest BCUT2D eigenvalue weighted by Gasteiger charge is 2.16. The van der Waals surface area contributed by atoms with Crippen molar-refractivity contribution in [3.8, 4) is 17.2 Å². The van der Waals surface area contributed by atoms with Gasteiger partial charge >= 0.3 is 0 Å². The van der Waals surface area contributed by atoms with Crippen LogP contribution >= 0.6 is 11.3 Å². The summed E-state index contributed by atoms with van der Waals surface area (Å²) in [5, 5.41) is 0. The van der Waals surface area contributed by atoms with E-state index in [2.05, 4.69) is 11.9 Å². The van der Waals surface area contributed by atoms with Crippen LogP contribution in [0.1, 0.15) is 36.5 Å². The Kier molecular flexibility index (Phi) is 5.85. The lowest BCUT2D eigenvalue weighted by molar-refractivity contribution is 0.0997. The van der Waals surface area contributed by atoms with Crippen LogP contribution in [0.4, 0.5) is 0 Å². The zero-order valence-electron chi connectivity index (χ0n) is 16.6. The van der Waals surface area contributed by atoms with Gasteiger partial charge in [0, 0.05) is 24.7 Å². The maximum atomic E-state index is 12.7. The number of carbonyl (C=O) groups excluding carboxylic acids is 1. The number of hydrogen-bond donors (Lipinski definition) is 0. The van der Waals surface area contributed by atoms with Crippen LogP contribution in [0.2, 0.25) is 0 Å². The third-order valence-corrected chi connectivity index (χ3v) is 5.86. The number of rotatable bonds is 6. The number of nitrogens with zero attached hydrogens (tertiary/aromatic N) is 2. The fourth-order valence-electron chi connectivity index (χ4n) is 3.18. The first-order valence-corrected chi connectivity index (χ1v) is 10.7. The number of hydrogen-bond acceptors (Lipinski definition) is 5. The van der Waals surface area contributed by atoms with Crippen molar-refractivity contribution in [1.29, 1.82) is 0 Å². The Morgan fingerprint density at radius 3 is 2.76 bits per heavy atom. The fraction of sp³-hybridized carbons (Fsp3) is 0.364. The van der Waals surface area contributed by atoms with Crippen LogP contribution < -0.4 is 19.0 Å². The molecule has 0 unspecified atom stereocenters. The standard InChI is InChI=1S/C22H24N2O4S/c1-3-4-5-9-26-16-8-6-7-15(12-16)21(25)23-22-24(2)17-13-18-19(14-20(17)29-22)28-11-10-27-18/h6-8,12-14H,3-5,9-11H2,1-2H3. The first-order chi connectivity index (χ1) is 14.2. The van der Waals surface area contributed by atoms with Gasteiger partial charge in [-0.05, 0) is 24.6 Å². The van der Waals surface area contributed by atoms with Gasteiger partial charge in [-0.1, -0.05) is 37.2 Å². The minimum Gasteiger partial charge on any atom is -0.494 e. The lowest BCUT2D eigenvalue weighted by Gasteiger charge is -2.18. The quantitative estimate of drug-likeness (QED) is 0.566. The molecule has 0 radical (unpaired) electrons. The zero-order chi connectivity index (χ0) is 20.2. The maximum Gasteiger partial charge on any atom is 0.279 e. The number of ether oxygens (including phenoxy) is 3. The molecular formula is C22H24N2O4S. The molecule has 0 fully saturated rings. The number of fused-ring (bicyclic) bond motifs is 2. The SMILES string of the molecule is CCCCCOc1cccc(C(=O)N=c2sc3cc4c(cc3n2C)OCCO4)c1. The largest absolute Gasteiger partial charge is 0.494 e. The van der Waals surface area contributed by atoms with Gasteiger partial charge in [0.05, 0.1) is 16.8 Å². The van der Waals surface area contributed by atoms with Gasteiger partial charge in [0.25, 0.3) is 5.91 Å². The number of unbranched alkanes of at least 4 members (excludes halogenated alkanes) is 2. The van der Waals surface area contributed by atoms with E-state index in [0.717, 1.165) is 41.0 Å². The number of amides is 1. The molecule has 0 N–H and O–H groups in total. The first kappa shape index (κ1) is 19.5. The van der Waals surface area contributed by atoms with E-state index < -0.39 is 0 Å². The Bertz CT molecular complexity index is 1100. The summed E-state index contributed by atoms with van der Waals surface area (Å²) in [5.74, 6) is 1.87. The molecule has 0 bridgehead atoms. The van der Waals surface area contributed by atoms with Crippen LogP contribution in [0.25, 0.3) is 10.2 Å². The minimum absolute atomic E-state index is 0.288. The summed E-state index contributed by atoms with van der Waals surface area (Å²) < 4.78 is 20.0. The van der Waals surface area contributed by atoms with Gasteiger partial charge in [0.15, 0.2) is 16.3 Å². The molecule has 4 rings (SSSR count). The maximum absolute atomic E-state index is 12.7. The third-order valence-electron chi connectivity index (χ3n) is 4.77. The summed E-state index contributed by atoms with van der Waals surface area (Å²) in [7, 11) is 1.90. The van der Waals surface area contributed by atoms with Crippen molar-refractivity contribution in [2.75, 3.05) is 19.8 Å². The van der Waals surface area contributed by atoms with Gasteiger partial charge in [0.1, 0.15) is 19.0 Å². The molecule has 1 amide bonds. The normalized spacial score (nSPS) is 13.7. The average molecular weight is 413 g/mol. The number of aromatic nitrogens is 1. The van der Waals surface area contributed by atoms with Crippen LogP contribution in [0.5, 0.6) is 17.2 Å². The van der Waals surface area contributed by atoms with E-state index in [1.54, 1.807) is 12.1 Å². The van der Waals surface area contributed by atoms with Crippen molar-refractivity contribution in [3.63, 3.8) is 0 Å². The number of thiazole rings is 1. The van der Waals surface area contributed by atoms with Crippen LogP contribution in [-0.4, -0.2) is 30.3 Å². The van der Waals surface area contributed by atoms with Crippen molar-refractivity contribution in [3.05, 3.63) is 46.8 Å². The topological polar surface area (TPSA) is 62.0 Å². The second kappa shape index (κ2) is 8.69. The molecule has 2 heterocycles. The Labute approximate surface area is 173 Å². The van der Waals surface area contributed by atoms with E-state index in [1.807, 2.05) is 35.9 Å². The fourth-order valence-corrected chi connectivity index (χ4v) is 4.21. The molecule has 0 saturated heterocycles. The van der Waals surface area contributed by atoms with Crippen molar-refractivity contribution >= 4 is 27.5 Å². The summed E-state index contributed by atoms with van der Waals surface area (Å²) in [6, 6.07) is 11.1. The number of carbonyl (C=O) groups is 1. The van der Waals surface area contributed by atoms with Crippen LogP contribution in [0.3, 0.4) is 0 Å². The van der Waals surface area contributed by atoms with Gasteiger partial charge in [-0.3, -0.25) is 4.79 Å². The molecule has 7 heteroatoms. The van der Waals surface area contributed by atoms with E-state index >= 15 is 0 Å². The third kappa shape index (κ3) is 4.29. The summed E-state index contributed by atoms with van der Waals surface area (Å²) in [6.45, 7) is 3.90. The number of benzene rings is 2. The lowest BCUT2D eigenvalue weighted by atomic mass is 10.2. The minimum atomic E-state index is -0.288. The summed E-state index contributed by atoms with van der Waals surface area (Å²) in [4.78, 5) is 17.7. The highest BCUT2D eigenvalue weighted by atomic mass is 32.1. The molecule has 3 aromatic rings. The molecule has 1 aliphatic rings. The molecule has 0 atom stereocenters. The molecule has 152 valence electrons. The van der Waals surface area contributed by atoms with Crippen molar-refractivity contribution in [2.45, 2.75) is 26.2 Å². The zero-order valence-corrected chi connectivity index (χ0v) is 17.5. The Morgan fingerprint density at radius 1 is 1.17 bits per heavy atom. The molecule has 1 aromatic heterocycles. The summed E-state index contributed by atoms with van der Waals surface area (Å²) >= 11 is 1.45. The molecule has 6 nitrogen and oxygen atoms in total. The smallest absolute Gasteiger partial charge is 0.279 e. The predicted octanol–water partition coefficient (Wildman–Crippen LogP) is 4.32. The van der Waals surface area contributed by atoms with Crippen LogP contribution in [0.15, 0.2) is 41.4 Å². The van der Waals surface area contributed by atoms with Crippen molar-refractivity contribution in [2.24, 2.45) is 12.0 Å². The highest BCUT2D eigenvalue weighted by molar-refractivity contribution is 7.16. The Hall–Kier alpha value is -2.80. The molecular weight excluding hydrogens is 388 g/mol. The van der Waals surface area contributed by atoms with Crippen LogP contribution in [0, 0.1) is 0 Å². The van der Waals surface area contributed by atoms with E-state index in [9.17, 15) is 4.79 Å². The van der Waals surface area contributed by atoms with Gasteiger partial charge < -0.3 is 18.8 Å². The predicted molar refractivity (Wildman–Crippen MR) is 113 cm³/mol. The van der Waals surface area contributed by atoms with Crippen LogP contribution in [-0.2, 0) is 7.05 Å².